The van der Waals surface area contributed by atoms with Gasteiger partial charge in [-0.25, -0.2) is 4.79 Å². The molecule has 0 aliphatic heterocycles. The molecule has 0 spiro atoms. The molecule has 7 nitrogen and oxygen atoms in total. The average Bonchev–Trinajstić information content (AvgIpc) is 2.39. The van der Waals surface area contributed by atoms with Gasteiger partial charge in [0, 0.05) is 31.5 Å². The Morgan fingerprint density at radius 3 is 2.63 bits per heavy atom. The molecule has 0 aromatic heterocycles. The lowest BCUT2D eigenvalue weighted by Crippen LogP contribution is -2.25. The van der Waals surface area contributed by atoms with E-state index in [9.17, 15) is 14.9 Å². The van der Waals surface area contributed by atoms with Crippen molar-refractivity contribution in [3.05, 3.63) is 33.9 Å². The Kier molecular flexibility index (Phi) is 5.25. The Hall–Kier alpha value is -2.15. The van der Waals surface area contributed by atoms with Crippen molar-refractivity contribution in [3.63, 3.8) is 0 Å². The number of carboxylic acid groups (broad SMARTS) is 1. The topological polar surface area (TPSA) is 104 Å². The number of anilines is 1. The van der Waals surface area contributed by atoms with Crippen LogP contribution in [0.1, 0.15) is 23.7 Å². The van der Waals surface area contributed by atoms with Gasteiger partial charge in [-0.3, -0.25) is 10.1 Å². The largest absolute Gasteiger partial charge is 0.477 e. The molecule has 0 saturated heterocycles. The third-order valence-electron chi connectivity index (χ3n) is 2.74. The quantitative estimate of drug-likeness (QED) is 0.573. The van der Waals surface area contributed by atoms with Crippen molar-refractivity contribution in [2.24, 2.45) is 0 Å². The number of carbonyl (C=O) groups is 1. The molecule has 0 aliphatic rings. The number of carboxylic acids is 1. The van der Waals surface area contributed by atoms with Crippen LogP contribution in [0.2, 0.25) is 0 Å². The fraction of sp³-hybridized carbons (Fsp3) is 0.417. The van der Waals surface area contributed by atoms with Gasteiger partial charge in [-0.05, 0) is 25.5 Å². The first-order chi connectivity index (χ1) is 9.01. The van der Waals surface area contributed by atoms with Crippen molar-refractivity contribution in [2.75, 3.05) is 24.6 Å². The first-order valence-corrected chi connectivity index (χ1v) is 5.88. The zero-order valence-corrected chi connectivity index (χ0v) is 10.6. The first-order valence-electron chi connectivity index (χ1n) is 5.88. The Morgan fingerprint density at radius 2 is 2.16 bits per heavy atom. The van der Waals surface area contributed by atoms with Crippen LogP contribution in [0.5, 0.6) is 0 Å². The Labute approximate surface area is 110 Å². The van der Waals surface area contributed by atoms with Crippen molar-refractivity contribution in [1.82, 2.24) is 0 Å². The maximum Gasteiger partial charge on any atom is 0.342 e. The molecule has 1 aromatic rings. The zero-order chi connectivity index (χ0) is 14.4. The summed E-state index contributed by atoms with van der Waals surface area (Å²) < 4.78 is 0. The summed E-state index contributed by atoms with van der Waals surface area (Å²) in [5.41, 5.74) is -0.154. The van der Waals surface area contributed by atoms with Crippen LogP contribution in [0.15, 0.2) is 18.2 Å². The van der Waals surface area contributed by atoms with Gasteiger partial charge in [-0.15, -0.1) is 0 Å². The summed E-state index contributed by atoms with van der Waals surface area (Å²) >= 11 is 0. The summed E-state index contributed by atoms with van der Waals surface area (Å²) in [6.07, 6.45) is 0.549. The normalized spacial score (nSPS) is 10.2. The van der Waals surface area contributed by atoms with Crippen LogP contribution in [0.25, 0.3) is 0 Å². The third-order valence-corrected chi connectivity index (χ3v) is 2.74. The summed E-state index contributed by atoms with van der Waals surface area (Å²) in [4.78, 5) is 22.9. The maximum absolute atomic E-state index is 11.0. The van der Waals surface area contributed by atoms with E-state index in [1.807, 2.05) is 11.8 Å². The van der Waals surface area contributed by atoms with E-state index in [2.05, 4.69) is 0 Å². The van der Waals surface area contributed by atoms with Gasteiger partial charge in [0.25, 0.3) is 5.69 Å². The van der Waals surface area contributed by atoms with Crippen LogP contribution < -0.4 is 4.90 Å². The summed E-state index contributed by atoms with van der Waals surface area (Å²) in [6.45, 7) is 3.11. The number of aliphatic hydroxyl groups excluding tert-OH is 1. The molecule has 0 aliphatic carbocycles. The smallest absolute Gasteiger partial charge is 0.342 e. The molecule has 2 N–H and O–H groups in total. The van der Waals surface area contributed by atoms with Crippen LogP contribution in [-0.4, -0.2) is 40.8 Å². The van der Waals surface area contributed by atoms with Crippen molar-refractivity contribution in [1.29, 1.82) is 0 Å². The van der Waals surface area contributed by atoms with Crippen LogP contribution in [-0.2, 0) is 0 Å². The van der Waals surface area contributed by atoms with E-state index in [1.165, 1.54) is 18.2 Å². The second-order valence-electron chi connectivity index (χ2n) is 3.92. The standard InChI is InChI=1S/C12H16N2O5/c1-2-13(6-3-7-15)9-4-5-11(14(18)19)10(8-9)12(16)17/h4-5,8,15H,2-3,6-7H2,1H3,(H,16,17). The fourth-order valence-electron chi connectivity index (χ4n) is 1.78. The van der Waals surface area contributed by atoms with E-state index < -0.39 is 16.6 Å². The van der Waals surface area contributed by atoms with Gasteiger partial charge in [-0.2, -0.15) is 0 Å². The van der Waals surface area contributed by atoms with E-state index in [0.717, 1.165) is 0 Å². The lowest BCUT2D eigenvalue weighted by molar-refractivity contribution is -0.385. The number of benzene rings is 1. The van der Waals surface area contributed by atoms with E-state index in [1.54, 1.807) is 0 Å². The first kappa shape index (κ1) is 14.9. The van der Waals surface area contributed by atoms with Crippen LogP contribution in [0, 0.1) is 10.1 Å². The number of aromatic carboxylic acids is 1. The minimum atomic E-state index is -1.33. The predicted molar refractivity (Wildman–Crippen MR) is 69.6 cm³/mol. The molecule has 7 heteroatoms. The molecule has 0 heterocycles. The molecule has 1 rings (SSSR count). The number of nitro groups is 1. The van der Waals surface area contributed by atoms with Crippen molar-refractivity contribution < 1.29 is 19.9 Å². The molecule has 0 bridgehead atoms. The van der Waals surface area contributed by atoms with Gasteiger partial charge in [0.05, 0.1) is 4.92 Å². The van der Waals surface area contributed by atoms with E-state index in [4.69, 9.17) is 10.2 Å². The van der Waals surface area contributed by atoms with Gasteiger partial charge in [-0.1, -0.05) is 0 Å². The highest BCUT2D eigenvalue weighted by Gasteiger charge is 2.21. The van der Waals surface area contributed by atoms with Gasteiger partial charge in [0.2, 0.25) is 0 Å². The highest BCUT2D eigenvalue weighted by Crippen LogP contribution is 2.25. The molecule has 0 radical (unpaired) electrons. The van der Waals surface area contributed by atoms with Gasteiger partial charge >= 0.3 is 5.97 Å². The Bertz CT molecular complexity index is 475. The SMILES string of the molecule is CCN(CCCO)c1ccc([N+](=O)[O-])c(C(=O)O)c1. The second kappa shape index (κ2) is 6.69. The number of aliphatic hydroxyl groups is 1. The Balaban J connectivity index is 3.13. The molecule has 104 valence electrons. The number of hydrogen-bond donors (Lipinski definition) is 2. The molecule has 0 amide bonds. The summed E-state index contributed by atoms with van der Waals surface area (Å²) in [7, 11) is 0. The molecule has 1 aromatic carbocycles. The van der Waals surface area contributed by atoms with E-state index >= 15 is 0 Å². The monoisotopic (exact) mass is 268 g/mol. The second-order valence-corrected chi connectivity index (χ2v) is 3.92. The van der Waals surface area contributed by atoms with Crippen LogP contribution in [0.4, 0.5) is 11.4 Å². The zero-order valence-electron chi connectivity index (χ0n) is 10.6. The van der Waals surface area contributed by atoms with Crippen molar-refractivity contribution in [3.8, 4) is 0 Å². The molecular formula is C12H16N2O5. The molecule has 0 fully saturated rings. The molecule has 19 heavy (non-hydrogen) atoms. The highest BCUT2D eigenvalue weighted by atomic mass is 16.6. The van der Waals surface area contributed by atoms with E-state index in [-0.39, 0.29) is 12.2 Å². The van der Waals surface area contributed by atoms with Gasteiger partial charge in [0.1, 0.15) is 5.56 Å². The number of hydrogen-bond acceptors (Lipinski definition) is 5. The minimum Gasteiger partial charge on any atom is -0.477 e. The number of rotatable bonds is 7. The van der Waals surface area contributed by atoms with E-state index in [0.29, 0.717) is 25.2 Å². The van der Waals surface area contributed by atoms with Gasteiger partial charge in [0.15, 0.2) is 0 Å². The molecule has 0 saturated carbocycles. The van der Waals surface area contributed by atoms with Crippen LogP contribution >= 0.6 is 0 Å². The lowest BCUT2D eigenvalue weighted by atomic mass is 10.1. The van der Waals surface area contributed by atoms with Crippen LogP contribution in [0.3, 0.4) is 0 Å². The fourth-order valence-corrected chi connectivity index (χ4v) is 1.78. The summed E-state index contributed by atoms with van der Waals surface area (Å²) in [6, 6.07) is 4.01. The van der Waals surface area contributed by atoms with Crippen molar-refractivity contribution >= 4 is 17.3 Å². The number of nitro benzene ring substituents is 1. The molecular weight excluding hydrogens is 252 g/mol. The lowest BCUT2D eigenvalue weighted by Gasteiger charge is -2.22. The minimum absolute atomic E-state index is 0.0370. The molecule has 0 unspecified atom stereocenters. The highest BCUT2D eigenvalue weighted by molar-refractivity contribution is 5.93. The van der Waals surface area contributed by atoms with Crippen molar-refractivity contribution in [2.45, 2.75) is 13.3 Å². The average molecular weight is 268 g/mol. The predicted octanol–water partition coefficient (Wildman–Crippen LogP) is 1.50. The summed E-state index contributed by atoms with van der Waals surface area (Å²) in [5.74, 6) is -1.33. The molecule has 0 atom stereocenters. The summed E-state index contributed by atoms with van der Waals surface area (Å²) in [5, 5.41) is 28.6. The maximum atomic E-state index is 11.0. The third kappa shape index (κ3) is 3.65. The van der Waals surface area contributed by atoms with Gasteiger partial charge < -0.3 is 15.1 Å². The Morgan fingerprint density at radius 1 is 1.47 bits per heavy atom. The number of nitrogens with zero attached hydrogens (tertiary/aromatic N) is 2.